The molecule has 24 heavy (non-hydrogen) atoms. The third-order valence-electron chi connectivity index (χ3n) is 3.81. The number of hydrogen-bond acceptors (Lipinski definition) is 2. The van der Waals surface area contributed by atoms with Gasteiger partial charge in [0, 0.05) is 11.1 Å². The first-order valence-electron chi connectivity index (χ1n) is 6.88. The summed E-state index contributed by atoms with van der Waals surface area (Å²) in [6.07, 6.45) is 0. The molecule has 3 aromatic carbocycles. The van der Waals surface area contributed by atoms with Crippen molar-refractivity contribution in [3.63, 3.8) is 0 Å². The van der Waals surface area contributed by atoms with Gasteiger partial charge in [-0.05, 0) is 17.5 Å². The van der Waals surface area contributed by atoms with Crippen LogP contribution < -0.4 is 5.32 Å². The molecule has 1 heterocycles. The summed E-state index contributed by atoms with van der Waals surface area (Å²) < 4.78 is 68.1. The SMILES string of the molecule is Fc1c(F)c(F)c(C2=Nc3cccc4cccc(c34)N2)c(F)c1F. The Morgan fingerprint density at radius 1 is 0.708 bits per heavy atom. The van der Waals surface area contributed by atoms with Crippen LogP contribution in [0.15, 0.2) is 41.4 Å². The third-order valence-corrected chi connectivity index (χ3v) is 3.81. The summed E-state index contributed by atoms with van der Waals surface area (Å²) in [7, 11) is 0. The molecule has 3 aromatic rings. The van der Waals surface area contributed by atoms with Crippen molar-refractivity contribution in [3.8, 4) is 0 Å². The number of benzene rings is 3. The van der Waals surface area contributed by atoms with Crippen LogP contribution in [-0.4, -0.2) is 5.84 Å². The molecule has 1 aliphatic heterocycles. The Bertz CT molecular complexity index is 1010. The summed E-state index contributed by atoms with van der Waals surface area (Å²) >= 11 is 0. The maximum Gasteiger partial charge on any atom is 0.200 e. The molecule has 0 atom stereocenters. The normalized spacial score (nSPS) is 13.0. The highest BCUT2D eigenvalue weighted by atomic mass is 19.2. The summed E-state index contributed by atoms with van der Waals surface area (Å²) in [5.41, 5.74) is -0.240. The molecule has 0 aliphatic carbocycles. The van der Waals surface area contributed by atoms with Crippen molar-refractivity contribution in [2.75, 3.05) is 5.32 Å². The second kappa shape index (κ2) is 5.02. The minimum absolute atomic E-state index is 0.376. The van der Waals surface area contributed by atoms with Crippen molar-refractivity contribution >= 4 is 28.0 Å². The van der Waals surface area contributed by atoms with E-state index in [1.807, 2.05) is 12.1 Å². The van der Waals surface area contributed by atoms with Gasteiger partial charge in [-0.15, -0.1) is 0 Å². The number of hydrogen-bond donors (Lipinski definition) is 1. The van der Waals surface area contributed by atoms with Gasteiger partial charge in [0.25, 0.3) is 0 Å². The van der Waals surface area contributed by atoms with Gasteiger partial charge in [0.05, 0.1) is 11.3 Å². The van der Waals surface area contributed by atoms with Gasteiger partial charge in [0.1, 0.15) is 5.84 Å². The van der Waals surface area contributed by atoms with Crippen molar-refractivity contribution in [2.24, 2.45) is 4.99 Å². The molecule has 0 aromatic heterocycles. The Morgan fingerprint density at radius 3 is 1.96 bits per heavy atom. The Balaban J connectivity index is 2.01. The van der Waals surface area contributed by atoms with Crippen LogP contribution in [0, 0.1) is 29.1 Å². The molecule has 120 valence electrons. The van der Waals surface area contributed by atoms with E-state index < -0.39 is 40.5 Å². The first-order valence-corrected chi connectivity index (χ1v) is 6.88. The zero-order valence-electron chi connectivity index (χ0n) is 11.8. The minimum atomic E-state index is -2.20. The van der Waals surface area contributed by atoms with Crippen molar-refractivity contribution in [1.82, 2.24) is 0 Å². The van der Waals surface area contributed by atoms with E-state index in [1.54, 1.807) is 24.3 Å². The van der Waals surface area contributed by atoms with Gasteiger partial charge in [-0.1, -0.05) is 24.3 Å². The first-order chi connectivity index (χ1) is 11.5. The minimum Gasteiger partial charge on any atom is -0.339 e. The number of halogens is 5. The second-order valence-electron chi connectivity index (χ2n) is 5.21. The topological polar surface area (TPSA) is 24.4 Å². The summed E-state index contributed by atoms with van der Waals surface area (Å²) in [6, 6.07) is 10.3. The second-order valence-corrected chi connectivity index (χ2v) is 5.21. The van der Waals surface area contributed by atoms with Crippen LogP contribution in [0.1, 0.15) is 5.56 Å². The number of amidine groups is 1. The Hall–Kier alpha value is -2.96. The molecular formula is C17H7F5N2. The molecule has 0 radical (unpaired) electrons. The zero-order valence-corrected chi connectivity index (χ0v) is 11.8. The molecular weight excluding hydrogens is 327 g/mol. The van der Waals surface area contributed by atoms with Crippen molar-refractivity contribution in [2.45, 2.75) is 0 Å². The predicted octanol–water partition coefficient (Wildman–Crippen LogP) is 5.04. The predicted molar refractivity (Wildman–Crippen MR) is 80.0 cm³/mol. The van der Waals surface area contributed by atoms with Gasteiger partial charge in [-0.2, -0.15) is 0 Å². The number of nitrogens with zero attached hydrogens (tertiary/aromatic N) is 1. The lowest BCUT2D eigenvalue weighted by molar-refractivity contribution is 0.377. The van der Waals surface area contributed by atoms with Crippen LogP contribution >= 0.6 is 0 Å². The molecule has 0 saturated carbocycles. The van der Waals surface area contributed by atoms with E-state index in [2.05, 4.69) is 10.3 Å². The van der Waals surface area contributed by atoms with Crippen molar-refractivity contribution in [1.29, 1.82) is 0 Å². The van der Waals surface area contributed by atoms with E-state index in [9.17, 15) is 22.0 Å². The molecule has 0 spiro atoms. The van der Waals surface area contributed by atoms with Crippen molar-refractivity contribution < 1.29 is 22.0 Å². The fraction of sp³-hybridized carbons (Fsp3) is 0. The van der Waals surface area contributed by atoms with E-state index in [4.69, 9.17) is 0 Å². The molecule has 0 amide bonds. The highest BCUT2D eigenvalue weighted by molar-refractivity contribution is 6.19. The number of nitrogens with one attached hydrogen (secondary N) is 1. The number of aliphatic imine (C=N–C) groups is 1. The van der Waals surface area contributed by atoms with Gasteiger partial charge in [-0.25, -0.2) is 26.9 Å². The number of rotatable bonds is 1. The van der Waals surface area contributed by atoms with Gasteiger partial charge in [-0.3, -0.25) is 0 Å². The molecule has 0 unspecified atom stereocenters. The molecule has 7 heteroatoms. The quantitative estimate of drug-likeness (QED) is 0.376. The largest absolute Gasteiger partial charge is 0.339 e. The van der Waals surface area contributed by atoms with Crippen LogP contribution in [0.4, 0.5) is 33.3 Å². The smallest absolute Gasteiger partial charge is 0.200 e. The average Bonchev–Trinajstić information content (AvgIpc) is 2.59. The molecule has 0 bridgehead atoms. The van der Waals surface area contributed by atoms with E-state index >= 15 is 0 Å². The van der Waals surface area contributed by atoms with E-state index in [0.717, 1.165) is 5.39 Å². The Labute approximate surface area is 132 Å². The van der Waals surface area contributed by atoms with E-state index in [0.29, 0.717) is 16.8 Å². The summed E-state index contributed by atoms with van der Waals surface area (Å²) in [4.78, 5) is 4.04. The van der Waals surface area contributed by atoms with Crippen LogP contribution in [0.25, 0.3) is 10.8 Å². The van der Waals surface area contributed by atoms with Gasteiger partial charge in [0.2, 0.25) is 5.82 Å². The highest BCUT2D eigenvalue weighted by Crippen LogP contribution is 2.37. The molecule has 0 saturated heterocycles. The fourth-order valence-corrected chi connectivity index (χ4v) is 2.73. The molecule has 1 N–H and O–H groups in total. The van der Waals surface area contributed by atoms with Gasteiger partial charge < -0.3 is 5.32 Å². The number of anilines is 1. The van der Waals surface area contributed by atoms with Crippen LogP contribution in [0.3, 0.4) is 0 Å². The fourth-order valence-electron chi connectivity index (χ4n) is 2.73. The summed E-state index contributed by atoms with van der Waals surface area (Å²) in [5.74, 6) is -10.5. The van der Waals surface area contributed by atoms with Crippen LogP contribution in [0.5, 0.6) is 0 Å². The monoisotopic (exact) mass is 334 g/mol. The molecule has 4 rings (SSSR count). The lowest BCUT2D eigenvalue weighted by atomic mass is 10.0. The lowest BCUT2D eigenvalue weighted by Gasteiger charge is -2.20. The van der Waals surface area contributed by atoms with Gasteiger partial charge >= 0.3 is 0 Å². The lowest BCUT2D eigenvalue weighted by Crippen LogP contribution is -2.22. The maximum atomic E-state index is 14.0. The van der Waals surface area contributed by atoms with E-state index in [1.165, 1.54) is 0 Å². The average molecular weight is 334 g/mol. The molecule has 1 aliphatic rings. The highest BCUT2D eigenvalue weighted by Gasteiger charge is 2.30. The standard InChI is InChI=1S/C17H7F5N2/c18-12-11(13(19)15(21)16(22)14(12)20)17-23-8-5-1-3-7-4-2-6-9(24-17)10(7)8/h1-6H,(H,23,24). The van der Waals surface area contributed by atoms with Gasteiger partial charge in [0.15, 0.2) is 23.3 Å². The van der Waals surface area contributed by atoms with Crippen LogP contribution in [-0.2, 0) is 0 Å². The maximum absolute atomic E-state index is 14.0. The van der Waals surface area contributed by atoms with E-state index in [-0.39, 0.29) is 0 Å². The zero-order chi connectivity index (χ0) is 17.0. The van der Waals surface area contributed by atoms with Crippen LogP contribution in [0.2, 0.25) is 0 Å². The summed E-state index contributed by atoms with van der Waals surface area (Å²) in [6.45, 7) is 0. The Morgan fingerprint density at radius 2 is 1.29 bits per heavy atom. The molecule has 2 nitrogen and oxygen atoms in total. The van der Waals surface area contributed by atoms with Crippen molar-refractivity contribution in [3.05, 3.63) is 71.0 Å². The molecule has 0 fully saturated rings. The first kappa shape index (κ1) is 14.6. The Kier molecular flexibility index (Phi) is 3.06. The summed E-state index contributed by atoms with van der Waals surface area (Å²) in [5, 5.41) is 4.18. The third kappa shape index (κ3) is 1.90.